The van der Waals surface area contributed by atoms with Crippen LogP contribution in [-0.4, -0.2) is 29.3 Å². The third kappa shape index (κ3) is 3.70. The highest BCUT2D eigenvalue weighted by molar-refractivity contribution is 5.54. The molecule has 1 rings (SSSR count). The zero-order valence-corrected chi connectivity index (χ0v) is 10.2. The second kappa shape index (κ2) is 6.33. The van der Waals surface area contributed by atoms with E-state index in [9.17, 15) is 0 Å². The van der Waals surface area contributed by atoms with Gasteiger partial charge >= 0.3 is 0 Å². The number of pyridine rings is 1. The molecule has 1 heterocycles. The van der Waals surface area contributed by atoms with Gasteiger partial charge in [0.2, 0.25) is 0 Å². The summed E-state index contributed by atoms with van der Waals surface area (Å²) in [4.78, 5) is 4.15. The van der Waals surface area contributed by atoms with E-state index in [2.05, 4.69) is 29.5 Å². The lowest BCUT2D eigenvalue weighted by Gasteiger charge is -2.20. The van der Waals surface area contributed by atoms with Crippen molar-refractivity contribution in [2.45, 2.75) is 26.8 Å². The van der Waals surface area contributed by atoms with Gasteiger partial charge in [-0.3, -0.25) is 4.98 Å². The van der Waals surface area contributed by atoms with E-state index in [-0.39, 0.29) is 18.6 Å². The smallest absolute Gasteiger partial charge is 0.0549 e. The van der Waals surface area contributed by atoms with Gasteiger partial charge < -0.3 is 15.7 Å². The van der Waals surface area contributed by atoms with Crippen molar-refractivity contribution in [2.24, 2.45) is 5.92 Å². The second-order valence-corrected chi connectivity index (χ2v) is 4.09. The standard InChI is InChI=1S/C12H21N3O/c1-4-14-11-5-12(7-13-6-11)15-10(3)9(2)8-16/h5-7,9-10,14-16H,4,8H2,1-3H3. The molecular weight excluding hydrogens is 202 g/mol. The van der Waals surface area contributed by atoms with Crippen LogP contribution in [0.5, 0.6) is 0 Å². The largest absolute Gasteiger partial charge is 0.396 e. The zero-order chi connectivity index (χ0) is 12.0. The fraction of sp³-hybridized carbons (Fsp3) is 0.583. The molecule has 1 aromatic heterocycles. The Balaban J connectivity index is 2.62. The molecule has 0 aromatic carbocycles. The first-order valence-corrected chi connectivity index (χ1v) is 5.73. The topological polar surface area (TPSA) is 57.2 Å². The van der Waals surface area contributed by atoms with Gasteiger partial charge in [0.15, 0.2) is 0 Å². The monoisotopic (exact) mass is 223 g/mol. The lowest BCUT2D eigenvalue weighted by molar-refractivity contribution is 0.226. The Morgan fingerprint density at radius 2 is 2.00 bits per heavy atom. The normalized spacial score (nSPS) is 14.2. The molecule has 2 unspecified atom stereocenters. The fourth-order valence-corrected chi connectivity index (χ4v) is 1.38. The molecular formula is C12H21N3O. The SMILES string of the molecule is CCNc1cncc(NC(C)C(C)CO)c1. The molecule has 0 bridgehead atoms. The molecule has 0 aliphatic heterocycles. The highest BCUT2D eigenvalue weighted by Gasteiger charge is 2.10. The van der Waals surface area contributed by atoms with Gasteiger partial charge in [0.1, 0.15) is 0 Å². The molecule has 16 heavy (non-hydrogen) atoms. The molecule has 4 nitrogen and oxygen atoms in total. The minimum Gasteiger partial charge on any atom is -0.396 e. The number of aromatic nitrogens is 1. The number of nitrogens with zero attached hydrogens (tertiary/aromatic N) is 1. The van der Waals surface area contributed by atoms with Crippen LogP contribution in [0.4, 0.5) is 11.4 Å². The van der Waals surface area contributed by atoms with Crippen LogP contribution >= 0.6 is 0 Å². The average Bonchev–Trinajstić information content (AvgIpc) is 2.29. The van der Waals surface area contributed by atoms with Crippen LogP contribution in [-0.2, 0) is 0 Å². The molecule has 1 aromatic rings. The summed E-state index contributed by atoms with van der Waals surface area (Å²) in [6.07, 6.45) is 3.59. The summed E-state index contributed by atoms with van der Waals surface area (Å²) >= 11 is 0. The second-order valence-electron chi connectivity index (χ2n) is 4.09. The number of aliphatic hydroxyl groups is 1. The van der Waals surface area contributed by atoms with E-state index in [1.807, 2.05) is 13.0 Å². The summed E-state index contributed by atoms with van der Waals surface area (Å²) in [5.41, 5.74) is 1.99. The van der Waals surface area contributed by atoms with Crippen molar-refractivity contribution < 1.29 is 5.11 Å². The Labute approximate surface area is 97.1 Å². The number of hydrogen-bond donors (Lipinski definition) is 3. The predicted molar refractivity (Wildman–Crippen MR) is 67.7 cm³/mol. The minimum atomic E-state index is 0.189. The quantitative estimate of drug-likeness (QED) is 0.690. The lowest BCUT2D eigenvalue weighted by Crippen LogP contribution is -2.26. The summed E-state index contributed by atoms with van der Waals surface area (Å²) in [5, 5.41) is 15.6. The number of nitrogens with one attached hydrogen (secondary N) is 2. The van der Waals surface area contributed by atoms with Crippen LogP contribution < -0.4 is 10.6 Å². The number of rotatable bonds is 6. The van der Waals surface area contributed by atoms with E-state index in [0.29, 0.717) is 0 Å². The van der Waals surface area contributed by atoms with E-state index in [1.54, 1.807) is 12.4 Å². The van der Waals surface area contributed by atoms with Crippen molar-refractivity contribution in [3.63, 3.8) is 0 Å². The highest BCUT2D eigenvalue weighted by Crippen LogP contribution is 2.15. The number of anilines is 2. The molecule has 0 radical (unpaired) electrons. The van der Waals surface area contributed by atoms with Crippen molar-refractivity contribution in [2.75, 3.05) is 23.8 Å². The molecule has 0 aliphatic carbocycles. The summed E-state index contributed by atoms with van der Waals surface area (Å²) in [5.74, 6) is 0.225. The Morgan fingerprint density at radius 3 is 2.62 bits per heavy atom. The van der Waals surface area contributed by atoms with Crippen molar-refractivity contribution in [3.8, 4) is 0 Å². The maximum absolute atomic E-state index is 9.05. The van der Waals surface area contributed by atoms with E-state index >= 15 is 0 Å². The van der Waals surface area contributed by atoms with Crippen LogP contribution in [0.3, 0.4) is 0 Å². The Bertz CT molecular complexity index is 317. The zero-order valence-electron chi connectivity index (χ0n) is 10.2. The summed E-state index contributed by atoms with van der Waals surface area (Å²) in [6.45, 7) is 7.19. The van der Waals surface area contributed by atoms with E-state index in [0.717, 1.165) is 17.9 Å². The van der Waals surface area contributed by atoms with Gasteiger partial charge in [-0.15, -0.1) is 0 Å². The predicted octanol–water partition coefficient (Wildman–Crippen LogP) is 1.94. The van der Waals surface area contributed by atoms with Gasteiger partial charge in [-0.2, -0.15) is 0 Å². The summed E-state index contributed by atoms with van der Waals surface area (Å²) < 4.78 is 0. The molecule has 0 spiro atoms. The molecule has 4 heteroatoms. The molecule has 0 amide bonds. The highest BCUT2D eigenvalue weighted by atomic mass is 16.3. The first-order valence-electron chi connectivity index (χ1n) is 5.73. The van der Waals surface area contributed by atoms with E-state index in [4.69, 9.17) is 5.11 Å². The van der Waals surface area contributed by atoms with Crippen LogP contribution in [0.1, 0.15) is 20.8 Å². The fourth-order valence-electron chi connectivity index (χ4n) is 1.38. The van der Waals surface area contributed by atoms with Gasteiger partial charge in [0, 0.05) is 19.2 Å². The van der Waals surface area contributed by atoms with Gasteiger partial charge in [0.25, 0.3) is 0 Å². The molecule has 0 aliphatic rings. The summed E-state index contributed by atoms with van der Waals surface area (Å²) in [6, 6.07) is 2.25. The van der Waals surface area contributed by atoms with Crippen LogP contribution in [0.2, 0.25) is 0 Å². The van der Waals surface area contributed by atoms with Crippen molar-refractivity contribution in [1.29, 1.82) is 0 Å². The Kier molecular flexibility index (Phi) is 5.05. The average molecular weight is 223 g/mol. The molecule has 3 N–H and O–H groups in total. The number of hydrogen-bond acceptors (Lipinski definition) is 4. The maximum atomic E-state index is 9.05. The van der Waals surface area contributed by atoms with Gasteiger partial charge in [-0.1, -0.05) is 6.92 Å². The molecule has 0 fully saturated rings. The first kappa shape index (κ1) is 12.8. The molecule has 0 saturated carbocycles. The lowest BCUT2D eigenvalue weighted by atomic mass is 10.1. The van der Waals surface area contributed by atoms with Crippen LogP contribution in [0.25, 0.3) is 0 Å². The minimum absolute atomic E-state index is 0.189. The van der Waals surface area contributed by atoms with Crippen molar-refractivity contribution >= 4 is 11.4 Å². The first-order chi connectivity index (χ1) is 7.67. The van der Waals surface area contributed by atoms with Crippen molar-refractivity contribution in [3.05, 3.63) is 18.5 Å². The Morgan fingerprint density at radius 1 is 1.31 bits per heavy atom. The molecule has 0 saturated heterocycles. The van der Waals surface area contributed by atoms with Crippen LogP contribution in [0.15, 0.2) is 18.5 Å². The van der Waals surface area contributed by atoms with Crippen LogP contribution in [0, 0.1) is 5.92 Å². The third-order valence-corrected chi connectivity index (χ3v) is 2.66. The van der Waals surface area contributed by atoms with E-state index < -0.39 is 0 Å². The van der Waals surface area contributed by atoms with Gasteiger partial charge in [-0.25, -0.2) is 0 Å². The third-order valence-electron chi connectivity index (χ3n) is 2.66. The summed E-state index contributed by atoms with van der Waals surface area (Å²) in [7, 11) is 0. The van der Waals surface area contributed by atoms with Crippen molar-refractivity contribution in [1.82, 2.24) is 4.98 Å². The molecule has 2 atom stereocenters. The van der Waals surface area contributed by atoms with Gasteiger partial charge in [0.05, 0.1) is 23.8 Å². The van der Waals surface area contributed by atoms with Gasteiger partial charge in [-0.05, 0) is 25.8 Å². The molecule has 90 valence electrons. The number of aliphatic hydroxyl groups excluding tert-OH is 1. The Hall–Kier alpha value is -1.29. The van der Waals surface area contributed by atoms with E-state index in [1.165, 1.54) is 0 Å². The maximum Gasteiger partial charge on any atom is 0.0549 e.